The summed E-state index contributed by atoms with van der Waals surface area (Å²) in [5.41, 5.74) is 0.875. The minimum absolute atomic E-state index is 0.248. The number of hydrogen-bond acceptors (Lipinski definition) is 1. The molecule has 86 valence electrons. The number of benzene rings is 1. The molecule has 0 aromatic heterocycles. The summed E-state index contributed by atoms with van der Waals surface area (Å²) in [7, 11) is 0. The van der Waals surface area contributed by atoms with Crippen LogP contribution in [0, 0.1) is 6.92 Å². The molecule has 0 fully saturated rings. The highest BCUT2D eigenvalue weighted by Gasteiger charge is 2.28. The van der Waals surface area contributed by atoms with Crippen LogP contribution in [0.3, 0.4) is 0 Å². The van der Waals surface area contributed by atoms with Gasteiger partial charge in [-0.1, -0.05) is 26.0 Å². The van der Waals surface area contributed by atoms with E-state index in [1.54, 1.807) is 25.1 Å². The van der Waals surface area contributed by atoms with Crippen LogP contribution in [0.15, 0.2) is 24.3 Å². The summed E-state index contributed by atoms with van der Waals surface area (Å²) in [6.07, 6.45) is -4.27. The largest absolute Gasteiger partial charge is 0.484 e. The lowest BCUT2D eigenvalue weighted by Gasteiger charge is -2.08. The van der Waals surface area contributed by atoms with Crippen molar-refractivity contribution >= 4 is 0 Å². The highest BCUT2D eigenvalue weighted by Crippen LogP contribution is 2.18. The third-order valence-electron chi connectivity index (χ3n) is 1.39. The SMILES string of the molecule is CC.Cc1cccc(OCC(F)(F)F)c1. The van der Waals surface area contributed by atoms with Crippen LogP contribution in [0.5, 0.6) is 5.75 Å². The number of rotatable bonds is 2. The van der Waals surface area contributed by atoms with Crippen molar-refractivity contribution in [1.29, 1.82) is 0 Å². The zero-order valence-corrected chi connectivity index (χ0v) is 9.06. The Morgan fingerprint density at radius 2 is 1.80 bits per heavy atom. The molecular formula is C11H15F3O. The first-order valence-corrected chi connectivity index (χ1v) is 4.73. The molecule has 1 aromatic carbocycles. The van der Waals surface area contributed by atoms with Gasteiger partial charge < -0.3 is 4.74 Å². The van der Waals surface area contributed by atoms with E-state index >= 15 is 0 Å². The van der Waals surface area contributed by atoms with Crippen molar-refractivity contribution in [3.63, 3.8) is 0 Å². The number of aryl methyl sites for hydroxylation is 1. The monoisotopic (exact) mass is 220 g/mol. The van der Waals surface area contributed by atoms with Gasteiger partial charge in [-0.15, -0.1) is 0 Å². The average molecular weight is 220 g/mol. The van der Waals surface area contributed by atoms with E-state index in [2.05, 4.69) is 4.74 Å². The van der Waals surface area contributed by atoms with Crippen LogP contribution in [0.1, 0.15) is 19.4 Å². The highest BCUT2D eigenvalue weighted by molar-refractivity contribution is 5.27. The van der Waals surface area contributed by atoms with Gasteiger partial charge in [-0.3, -0.25) is 0 Å². The summed E-state index contributed by atoms with van der Waals surface area (Å²) in [6.45, 7) is 4.55. The number of alkyl halides is 3. The Balaban J connectivity index is 0.000000921. The molecule has 0 unspecified atom stereocenters. The maximum atomic E-state index is 11.7. The van der Waals surface area contributed by atoms with Gasteiger partial charge in [0, 0.05) is 0 Å². The Labute approximate surface area is 87.9 Å². The summed E-state index contributed by atoms with van der Waals surface area (Å²) < 4.78 is 39.7. The molecule has 1 nitrogen and oxygen atoms in total. The molecule has 0 saturated heterocycles. The second kappa shape index (κ2) is 6.32. The smallest absolute Gasteiger partial charge is 0.422 e. The zero-order chi connectivity index (χ0) is 11.9. The molecule has 0 amide bonds. The third-order valence-corrected chi connectivity index (χ3v) is 1.39. The van der Waals surface area contributed by atoms with Crippen molar-refractivity contribution in [3.8, 4) is 5.75 Å². The van der Waals surface area contributed by atoms with Crippen LogP contribution in [0.2, 0.25) is 0 Å². The summed E-state index contributed by atoms with van der Waals surface area (Å²) in [4.78, 5) is 0. The minimum Gasteiger partial charge on any atom is -0.484 e. The van der Waals surface area contributed by atoms with Crippen molar-refractivity contribution in [2.24, 2.45) is 0 Å². The van der Waals surface area contributed by atoms with Gasteiger partial charge in [0.2, 0.25) is 0 Å². The standard InChI is InChI=1S/C9H9F3O.C2H6/c1-7-3-2-4-8(5-7)13-6-9(10,11)12;1-2/h2-5H,6H2,1H3;1-2H3. The van der Waals surface area contributed by atoms with Gasteiger partial charge >= 0.3 is 6.18 Å². The molecule has 0 bridgehead atoms. The van der Waals surface area contributed by atoms with E-state index < -0.39 is 12.8 Å². The molecular weight excluding hydrogens is 205 g/mol. The Kier molecular flexibility index (Phi) is 5.82. The Hall–Kier alpha value is -1.19. The Morgan fingerprint density at radius 3 is 2.27 bits per heavy atom. The van der Waals surface area contributed by atoms with Gasteiger partial charge in [0.05, 0.1) is 0 Å². The van der Waals surface area contributed by atoms with E-state index in [1.165, 1.54) is 6.07 Å². The predicted molar refractivity (Wildman–Crippen MR) is 54.1 cm³/mol. The lowest BCUT2D eigenvalue weighted by molar-refractivity contribution is -0.153. The lowest BCUT2D eigenvalue weighted by Crippen LogP contribution is -2.19. The van der Waals surface area contributed by atoms with Gasteiger partial charge in [0.1, 0.15) is 5.75 Å². The molecule has 0 aliphatic rings. The van der Waals surface area contributed by atoms with Gasteiger partial charge in [-0.2, -0.15) is 13.2 Å². The van der Waals surface area contributed by atoms with Crippen LogP contribution < -0.4 is 4.74 Å². The number of hydrogen-bond donors (Lipinski definition) is 0. The molecule has 1 rings (SSSR count). The quantitative estimate of drug-likeness (QED) is 0.733. The van der Waals surface area contributed by atoms with Gasteiger partial charge in [0.15, 0.2) is 6.61 Å². The molecule has 15 heavy (non-hydrogen) atoms. The fourth-order valence-electron chi connectivity index (χ4n) is 0.870. The van der Waals surface area contributed by atoms with E-state index in [0.717, 1.165) is 5.56 Å². The average Bonchev–Trinajstić information content (AvgIpc) is 2.17. The first-order chi connectivity index (χ1) is 6.97. The summed E-state index contributed by atoms with van der Waals surface area (Å²) >= 11 is 0. The van der Waals surface area contributed by atoms with Crippen molar-refractivity contribution in [2.45, 2.75) is 26.9 Å². The van der Waals surface area contributed by atoms with Crippen molar-refractivity contribution in [2.75, 3.05) is 6.61 Å². The van der Waals surface area contributed by atoms with Crippen LogP contribution in [0.25, 0.3) is 0 Å². The fraction of sp³-hybridized carbons (Fsp3) is 0.455. The van der Waals surface area contributed by atoms with Crippen LogP contribution in [0.4, 0.5) is 13.2 Å². The number of ether oxygens (including phenoxy) is 1. The van der Waals surface area contributed by atoms with E-state index in [9.17, 15) is 13.2 Å². The summed E-state index contributed by atoms with van der Waals surface area (Å²) in [5, 5.41) is 0. The molecule has 0 spiro atoms. The van der Waals surface area contributed by atoms with Gasteiger partial charge in [0.25, 0.3) is 0 Å². The zero-order valence-electron chi connectivity index (χ0n) is 9.06. The topological polar surface area (TPSA) is 9.23 Å². The molecule has 0 aliphatic carbocycles. The van der Waals surface area contributed by atoms with E-state index in [-0.39, 0.29) is 5.75 Å². The maximum absolute atomic E-state index is 11.7. The third kappa shape index (κ3) is 6.82. The van der Waals surface area contributed by atoms with Crippen molar-refractivity contribution in [3.05, 3.63) is 29.8 Å². The molecule has 0 atom stereocenters. The van der Waals surface area contributed by atoms with Gasteiger partial charge in [-0.25, -0.2) is 0 Å². The lowest BCUT2D eigenvalue weighted by atomic mass is 10.2. The Morgan fingerprint density at radius 1 is 1.20 bits per heavy atom. The van der Waals surface area contributed by atoms with Crippen molar-refractivity contribution < 1.29 is 17.9 Å². The van der Waals surface area contributed by atoms with Gasteiger partial charge in [-0.05, 0) is 24.6 Å². The molecule has 0 heterocycles. The molecule has 0 radical (unpaired) electrons. The maximum Gasteiger partial charge on any atom is 0.422 e. The first-order valence-electron chi connectivity index (χ1n) is 4.73. The second-order valence-corrected chi connectivity index (χ2v) is 2.72. The van der Waals surface area contributed by atoms with Crippen LogP contribution in [-0.2, 0) is 0 Å². The van der Waals surface area contributed by atoms with E-state index in [4.69, 9.17) is 0 Å². The van der Waals surface area contributed by atoms with Crippen LogP contribution in [-0.4, -0.2) is 12.8 Å². The summed E-state index contributed by atoms with van der Waals surface area (Å²) in [6, 6.07) is 6.51. The number of halogens is 3. The van der Waals surface area contributed by atoms with E-state index in [0.29, 0.717) is 0 Å². The van der Waals surface area contributed by atoms with E-state index in [1.807, 2.05) is 13.8 Å². The minimum atomic E-state index is -4.27. The normalized spacial score (nSPS) is 10.3. The van der Waals surface area contributed by atoms with Crippen LogP contribution >= 0.6 is 0 Å². The second-order valence-electron chi connectivity index (χ2n) is 2.72. The Bertz CT molecular complexity index is 281. The molecule has 4 heteroatoms. The molecule has 0 aliphatic heterocycles. The first kappa shape index (κ1) is 13.8. The molecule has 0 saturated carbocycles. The fourth-order valence-corrected chi connectivity index (χ4v) is 0.870. The van der Waals surface area contributed by atoms with Crippen molar-refractivity contribution in [1.82, 2.24) is 0 Å². The predicted octanol–water partition coefficient (Wildman–Crippen LogP) is 3.96. The molecule has 0 N–H and O–H groups in total. The molecule has 1 aromatic rings. The highest BCUT2D eigenvalue weighted by atomic mass is 19.4. The summed E-state index contributed by atoms with van der Waals surface area (Å²) in [5.74, 6) is 0.248.